The molecule has 0 saturated carbocycles. The number of benzene rings is 1. The minimum Gasteiger partial charge on any atom is -0.486 e. The predicted molar refractivity (Wildman–Crippen MR) is 96.8 cm³/mol. The van der Waals surface area contributed by atoms with E-state index in [4.69, 9.17) is 9.15 Å². The lowest BCUT2D eigenvalue weighted by atomic mass is 10.1. The number of amides is 2. The van der Waals surface area contributed by atoms with Gasteiger partial charge in [0.2, 0.25) is 0 Å². The lowest BCUT2D eigenvalue weighted by Gasteiger charge is -2.26. The first-order valence-electron chi connectivity index (χ1n) is 8.82. The summed E-state index contributed by atoms with van der Waals surface area (Å²) < 4.78 is 10.8. The predicted octanol–water partition coefficient (Wildman–Crippen LogP) is 3.47. The van der Waals surface area contributed by atoms with Crippen LogP contribution in [-0.4, -0.2) is 37.1 Å². The van der Waals surface area contributed by atoms with E-state index in [2.05, 4.69) is 15.5 Å². The van der Waals surface area contributed by atoms with Gasteiger partial charge < -0.3 is 24.7 Å². The van der Waals surface area contributed by atoms with E-state index in [9.17, 15) is 4.79 Å². The molecule has 1 aromatic heterocycles. The van der Waals surface area contributed by atoms with Crippen molar-refractivity contribution < 1.29 is 13.9 Å². The van der Waals surface area contributed by atoms with Crippen LogP contribution in [0.15, 0.2) is 47.1 Å². The first-order valence-corrected chi connectivity index (χ1v) is 8.82. The van der Waals surface area contributed by atoms with Crippen molar-refractivity contribution in [3.8, 4) is 5.75 Å². The fourth-order valence-electron chi connectivity index (χ4n) is 2.87. The number of carbonyl (C=O) groups is 1. The van der Waals surface area contributed by atoms with Gasteiger partial charge in [-0.1, -0.05) is 6.42 Å². The standard InChI is InChI=1S/C19H25N3O3/c23-19(20-10-13-22-11-2-1-3-12-22)21-16-6-8-17(9-7-16)25-15-18-5-4-14-24-18/h4-9,14H,1-3,10-13,15H2,(H2,20,21,23). The normalized spacial score (nSPS) is 14.9. The lowest BCUT2D eigenvalue weighted by molar-refractivity contribution is 0.224. The van der Waals surface area contributed by atoms with E-state index in [1.54, 1.807) is 6.26 Å². The molecule has 2 aromatic rings. The number of rotatable bonds is 7. The molecule has 2 heterocycles. The second kappa shape index (κ2) is 9.13. The van der Waals surface area contributed by atoms with Crippen LogP contribution in [0, 0.1) is 0 Å². The van der Waals surface area contributed by atoms with Gasteiger partial charge in [-0.3, -0.25) is 0 Å². The van der Waals surface area contributed by atoms with E-state index in [-0.39, 0.29) is 6.03 Å². The Morgan fingerprint density at radius 2 is 1.92 bits per heavy atom. The number of piperidine rings is 1. The van der Waals surface area contributed by atoms with Crippen molar-refractivity contribution in [3.05, 3.63) is 48.4 Å². The number of nitrogens with one attached hydrogen (secondary N) is 2. The fraction of sp³-hybridized carbons (Fsp3) is 0.421. The quantitative estimate of drug-likeness (QED) is 0.808. The highest BCUT2D eigenvalue weighted by Gasteiger charge is 2.10. The number of hydrogen-bond acceptors (Lipinski definition) is 4. The summed E-state index contributed by atoms with van der Waals surface area (Å²) >= 11 is 0. The van der Waals surface area contributed by atoms with Gasteiger partial charge in [0, 0.05) is 18.8 Å². The molecular weight excluding hydrogens is 318 g/mol. The number of urea groups is 1. The van der Waals surface area contributed by atoms with E-state index in [0.717, 1.165) is 36.8 Å². The van der Waals surface area contributed by atoms with Gasteiger partial charge in [-0.05, 0) is 62.3 Å². The van der Waals surface area contributed by atoms with Crippen molar-refractivity contribution in [1.29, 1.82) is 0 Å². The third-order valence-corrected chi connectivity index (χ3v) is 4.24. The third-order valence-electron chi connectivity index (χ3n) is 4.24. The number of anilines is 1. The maximum atomic E-state index is 11.9. The number of ether oxygens (including phenoxy) is 1. The zero-order valence-electron chi connectivity index (χ0n) is 14.4. The van der Waals surface area contributed by atoms with Gasteiger partial charge >= 0.3 is 6.03 Å². The van der Waals surface area contributed by atoms with Gasteiger partial charge in [-0.15, -0.1) is 0 Å². The molecule has 1 saturated heterocycles. The van der Waals surface area contributed by atoms with Crippen LogP contribution in [0.25, 0.3) is 0 Å². The van der Waals surface area contributed by atoms with Crippen molar-refractivity contribution in [3.63, 3.8) is 0 Å². The maximum Gasteiger partial charge on any atom is 0.319 e. The number of likely N-dealkylation sites (tertiary alicyclic amines) is 1. The Labute approximate surface area is 148 Å². The minimum atomic E-state index is -0.179. The van der Waals surface area contributed by atoms with Crippen LogP contribution in [0.4, 0.5) is 10.5 Å². The van der Waals surface area contributed by atoms with Crippen LogP contribution in [0.3, 0.4) is 0 Å². The number of hydrogen-bond donors (Lipinski definition) is 2. The van der Waals surface area contributed by atoms with Gasteiger partial charge in [-0.25, -0.2) is 4.79 Å². The molecule has 1 aromatic carbocycles. The highest BCUT2D eigenvalue weighted by molar-refractivity contribution is 5.89. The summed E-state index contributed by atoms with van der Waals surface area (Å²) in [4.78, 5) is 14.3. The van der Waals surface area contributed by atoms with E-state index >= 15 is 0 Å². The fourth-order valence-corrected chi connectivity index (χ4v) is 2.87. The lowest BCUT2D eigenvalue weighted by Crippen LogP contribution is -2.39. The SMILES string of the molecule is O=C(NCCN1CCCCC1)Nc1ccc(OCc2ccco2)cc1. The summed E-state index contributed by atoms with van der Waals surface area (Å²) in [6.07, 6.45) is 5.47. The van der Waals surface area contributed by atoms with Crippen LogP contribution in [0.1, 0.15) is 25.0 Å². The second-order valence-electron chi connectivity index (χ2n) is 6.18. The first-order chi connectivity index (χ1) is 12.3. The molecule has 0 aliphatic carbocycles. The van der Waals surface area contributed by atoms with Crippen LogP contribution < -0.4 is 15.4 Å². The average Bonchev–Trinajstić information content (AvgIpc) is 3.16. The first kappa shape index (κ1) is 17.4. The topological polar surface area (TPSA) is 66.7 Å². The minimum absolute atomic E-state index is 0.179. The van der Waals surface area contributed by atoms with Crippen molar-refractivity contribution in [2.24, 2.45) is 0 Å². The zero-order valence-corrected chi connectivity index (χ0v) is 14.4. The van der Waals surface area contributed by atoms with Gasteiger partial charge in [-0.2, -0.15) is 0 Å². The summed E-state index contributed by atoms with van der Waals surface area (Å²) in [5.74, 6) is 1.50. The molecule has 0 unspecified atom stereocenters. The molecule has 1 aliphatic heterocycles. The van der Waals surface area contributed by atoms with Gasteiger partial charge in [0.15, 0.2) is 0 Å². The van der Waals surface area contributed by atoms with E-state index < -0.39 is 0 Å². The Kier molecular flexibility index (Phi) is 6.34. The molecule has 6 heteroatoms. The Morgan fingerprint density at radius 1 is 1.12 bits per heavy atom. The van der Waals surface area contributed by atoms with Crippen molar-refractivity contribution in [2.45, 2.75) is 25.9 Å². The molecule has 2 amide bonds. The molecule has 1 aliphatic rings. The molecule has 6 nitrogen and oxygen atoms in total. The monoisotopic (exact) mass is 343 g/mol. The molecule has 1 fully saturated rings. The summed E-state index contributed by atoms with van der Waals surface area (Å²) in [7, 11) is 0. The highest BCUT2D eigenvalue weighted by atomic mass is 16.5. The highest BCUT2D eigenvalue weighted by Crippen LogP contribution is 2.17. The summed E-state index contributed by atoms with van der Waals surface area (Å²) in [6, 6.07) is 10.8. The Hall–Kier alpha value is -2.47. The van der Waals surface area contributed by atoms with Crippen LogP contribution in [-0.2, 0) is 6.61 Å². The zero-order chi connectivity index (χ0) is 17.3. The largest absolute Gasteiger partial charge is 0.486 e. The van der Waals surface area contributed by atoms with Crippen molar-refractivity contribution in [2.75, 3.05) is 31.5 Å². The Balaban J connectivity index is 1.36. The molecule has 25 heavy (non-hydrogen) atoms. The smallest absolute Gasteiger partial charge is 0.319 e. The maximum absolute atomic E-state index is 11.9. The van der Waals surface area contributed by atoms with Gasteiger partial charge in [0.05, 0.1) is 6.26 Å². The van der Waals surface area contributed by atoms with E-state index in [1.807, 2.05) is 36.4 Å². The molecular formula is C19H25N3O3. The summed E-state index contributed by atoms with van der Waals surface area (Å²) in [5, 5.41) is 5.74. The molecule has 0 bridgehead atoms. The van der Waals surface area contributed by atoms with Crippen molar-refractivity contribution in [1.82, 2.24) is 10.2 Å². The molecule has 0 atom stereocenters. The molecule has 134 valence electrons. The average molecular weight is 343 g/mol. The number of furan rings is 1. The summed E-state index contributed by atoms with van der Waals surface area (Å²) in [5.41, 5.74) is 0.737. The summed E-state index contributed by atoms with van der Waals surface area (Å²) in [6.45, 7) is 4.24. The Bertz CT molecular complexity index is 634. The molecule has 3 rings (SSSR count). The van der Waals surface area contributed by atoms with Gasteiger partial charge in [0.25, 0.3) is 0 Å². The molecule has 2 N–H and O–H groups in total. The Morgan fingerprint density at radius 3 is 2.64 bits per heavy atom. The van der Waals surface area contributed by atoms with Crippen molar-refractivity contribution >= 4 is 11.7 Å². The van der Waals surface area contributed by atoms with Crippen LogP contribution in [0.2, 0.25) is 0 Å². The van der Waals surface area contributed by atoms with Crippen LogP contribution in [0.5, 0.6) is 5.75 Å². The van der Waals surface area contributed by atoms with E-state index in [1.165, 1.54) is 19.3 Å². The van der Waals surface area contributed by atoms with Crippen LogP contribution >= 0.6 is 0 Å². The number of nitrogens with zero attached hydrogens (tertiary/aromatic N) is 1. The van der Waals surface area contributed by atoms with E-state index in [0.29, 0.717) is 13.2 Å². The third kappa shape index (κ3) is 5.83. The second-order valence-corrected chi connectivity index (χ2v) is 6.18. The number of carbonyl (C=O) groups excluding carboxylic acids is 1. The van der Waals surface area contributed by atoms with Gasteiger partial charge in [0.1, 0.15) is 18.1 Å². The molecule has 0 spiro atoms. The molecule has 0 radical (unpaired) electrons.